The van der Waals surface area contributed by atoms with Crippen LogP contribution in [-0.4, -0.2) is 17.1 Å². The maximum atomic E-state index is 13.2. The van der Waals surface area contributed by atoms with Crippen molar-refractivity contribution in [2.24, 2.45) is 0 Å². The van der Waals surface area contributed by atoms with Crippen molar-refractivity contribution in [1.82, 2.24) is 10.6 Å². The van der Waals surface area contributed by atoms with E-state index in [1.807, 2.05) is 0 Å². The van der Waals surface area contributed by atoms with Crippen LogP contribution < -0.4 is 10.6 Å². The number of rotatable bonds is 2. The fraction of sp³-hybridized carbons (Fsp3) is 0.167. The van der Waals surface area contributed by atoms with Gasteiger partial charge in [-0.3, -0.25) is 0 Å². The van der Waals surface area contributed by atoms with Gasteiger partial charge in [-0.15, -0.1) is 0 Å². The van der Waals surface area contributed by atoms with E-state index in [1.54, 1.807) is 6.07 Å². The minimum Gasteiger partial charge on any atom is -0.478 e. The van der Waals surface area contributed by atoms with Crippen LogP contribution in [0.4, 0.5) is 9.18 Å². The molecule has 1 aromatic carbocycles. The first-order valence-corrected chi connectivity index (χ1v) is 5.26. The zero-order valence-corrected chi connectivity index (χ0v) is 9.53. The Bertz CT molecular complexity index is 554. The Morgan fingerprint density at radius 1 is 1.44 bits per heavy atom. The SMILES string of the molecule is CC1=C(C(=O)O)[C@H](c2cccc(F)c2)NC(=O)N1. The third kappa shape index (κ3) is 2.17. The van der Waals surface area contributed by atoms with Crippen molar-refractivity contribution in [1.29, 1.82) is 0 Å². The summed E-state index contributed by atoms with van der Waals surface area (Å²) in [6.07, 6.45) is 0. The molecule has 1 heterocycles. The van der Waals surface area contributed by atoms with E-state index in [4.69, 9.17) is 5.11 Å². The Labute approximate surface area is 102 Å². The zero-order valence-electron chi connectivity index (χ0n) is 9.53. The van der Waals surface area contributed by atoms with E-state index < -0.39 is 23.9 Å². The lowest BCUT2D eigenvalue weighted by Gasteiger charge is -2.27. The summed E-state index contributed by atoms with van der Waals surface area (Å²) in [5, 5.41) is 14.0. The Hall–Kier alpha value is -2.37. The maximum absolute atomic E-state index is 13.2. The van der Waals surface area contributed by atoms with Crippen LogP contribution in [0.5, 0.6) is 0 Å². The van der Waals surface area contributed by atoms with Gasteiger partial charge >= 0.3 is 12.0 Å². The van der Waals surface area contributed by atoms with Crippen LogP contribution in [0.1, 0.15) is 18.5 Å². The van der Waals surface area contributed by atoms with Crippen molar-refractivity contribution in [2.75, 3.05) is 0 Å². The highest BCUT2D eigenvalue weighted by Gasteiger charge is 2.30. The Morgan fingerprint density at radius 2 is 2.17 bits per heavy atom. The summed E-state index contributed by atoms with van der Waals surface area (Å²) in [6, 6.07) is 4.12. The standard InChI is InChI=1S/C12H11FN2O3/c1-6-9(11(16)17)10(15-12(18)14-6)7-3-2-4-8(13)5-7/h2-5,10H,1H3,(H,16,17)(H2,14,15,18)/t10-/m0/s1. The van der Waals surface area contributed by atoms with Gasteiger partial charge in [0.2, 0.25) is 0 Å². The number of carboxylic acids is 1. The second kappa shape index (κ2) is 4.48. The molecule has 5 nitrogen and oxygen atoms in total. The molecule has 0 radical (unpaired) electrons. The molecule has 2 amide bonds. The zero-order chi connectivity index (χ0) is 13.3. The van der Waals surface area contributed by atoms with Gasteiger partial charge in [-0.25, -0.2) is 14.0 Å². The smallest absolute Gasteiger partial charge is 0.335 e. The predicted molar refractivity (Wildman–Crippen MR) is 61.1 cm³/mol. The largest absolute Gasteiger partial charge is 0.478 e. The molecule has 1 aliphatic heterocycles. The van der Waals surface area contributed by atoms with Gasteiger partial charge in [-0.1, -0.05) is 12.1 Å². The predicted octanol–water partition coefficient (Wildman–Crippen LogP) is 1.54. The first kappa shape index (κ1) is 12.1. The second-order valence-corrected chi connectivity index (χ2v) is 3.93. The first-order valence-electron chi connectivity index (χ1n) is 5.26. The van der Waals surface area contributed by atoms with E-state index in [2.05, 4.69) is 10.6 Å². The number of hydrogen-bond acceptors (Lipinski definition) is 2. The van der Waals surface area contributed by atoms with Crippen LogP contribution >= 0.6 is 0 Å². The number of carbonyl (C=O) groups excluding carboxylic acids is 1. The van der Waals surface area contributed by atoms with Gasteiger partial charge in [0.25, 0.3) is 0 Å². The molecule has 3 N–H and O–H groups in total. The molecule has 1 atom stereocenters. The normalized spacial score (nSPS) is 19.2. The van der Waals surface area contributed by atoms with Gasteiger partial charge < -0.3 is 15.7 Å². The van der Waals surface area contributed by atoms with E-state index in [-0.39, 0.29) is 11.3 Å². The Balaban J connectivity index is 2.50. The van der Waals surface area contributed by atoms with Crippen molar-refractivity contribution in [3.05, 3.63) is 46.9 Å². The number of hydrogen-bond donors (Lipinski definition) is 3. The topological polar surface area (TPSA) is 78.4 Å². The number of carboxylic acid groups (broad SMARTS) is 1. The summed E-state index contributed by atoms with van der Waals surface area (Å²) in [7, 11) is 0. The van der Waals surface area contributed by atoms with E-state index in [9.17, 15) is 14.0 Å². The molecule has 18 heavy (non-hydrogen) atoms. The third-order valence-corrected chi connectivity index (χ3v) is 2.68. The van der Waals surface area contributed by atoms with Crippen molar-refractivity contribution in [2.45, 2.75) is 13.0 Å². The number of nitrogens with one attached hydrogen (secondary N) is 2. The van der Waals surface area contributed by atoms with Gasteiger partial charge in [0.15, 0.2) is 0 Å². The van der Waals surface area contributed by atoms with Crippen molar-refractivity contribution in [3.63, 3.8) is 0 Å². The van der Waals surface area contributed by atoms with Crippen LogP contribution in [0, 0.1) is 5.82 Å². The van der Waals surface area contributed by atoms with Crippen molar-refractivity contribution < 1.29 is 19.1 Å². The lowest BCUT2D eigenvalue weighted by Crippen LogP contribution is -2.45. The molecule has 0 saturated heterocycles. The van der Waals surface area contributed by atoms with Crippen molar-refractivity contribution >= 4 is 12.0 Å². The first-order chi connectivity index (χ1) is 8.49. The molecule has 0 spiro atoms. The van der Waals surface area contributed by atoms with Crippen LogP contribution in [0.3, 0.4) is 0 Å². The summed E-state index contributed by atoms with van der Waals surface area (Å²) in [6.45, 7) is 1.49. The van der Waals surface area contributed by atoms with Gasteiger partial charge in [0.1, 0.15) is 5.82 Å². The fourth-order valence-electron chi connectivity index (χ4n) is 1.91. The highest BCUT2D eigenvalue weighted by atomic mass is 19.1. The maximum Gasteiger partial charge on any atom is 0.335 e. The summed E-state index contributed by atoms with van der Waals surface area (Å²) < 4.78 is 13.2. The number of allylic oxidation sites excluding steroid dienone is 1. The number of benzene rings is 1. The molecule has 1 aromatic rings. The minimum absolute atomic E-state index is 0.000185. The Morgan fingerprint density at radius 3 is 2.78 bits per heavy atom. The number of amides is 2. The number of halogens is 1. The summed E-state index contributed by atoms with van der Waals surface area (Å²) in [5.74, 6) is -1.64. The molecule has 6 heteroatoms. The molecule has 94 valence electrons. The molecule has 0 aromatic heterocycles. The van der Waals surface area contributed by atoms with Crippen LogP contribution in [0.2, 0.25) is 0 Å². The van der Waals surface area contributed by atoms with Crippen LogP contribution in [0.25, 0.3) is 0 Å². The quantitative estimate of drug-likeness (QED) is 0.745. The molecule has 0 saturated carbocycles. The highest BCUT2D eigenvalue weighted by molar-refractivity contribution is 5.93. The molecular weight excluding hydrogens is 239 g/mol. The summed E-state index contributed by atoms with van der Waals surface area (Å²) in [4.78, 5) is 22.6. The fourth-order valence-corrected chi connectivity index (χ4v) is 1.91. The lowest BCUT2D eigenvalue weighted by molar-refractivity contribution is -0.133. The summed E-state index contributed by atoms with van der Waals surface area (Å²) >= 11 is 0. The second-order valence-electron chi connectivity index (χ2n) is 3.93. The van der Waals surface area contributed by atoms with Gasteiger partial charge in [0, 0.05) is 5.70 Å². The molecule has 0 fully saturated rings. The lowest BCUT2D eigenvalue weighted by atomic mass is 9.96. The molecule has 0 aliphatic carbocycles. The average molecular weight is 250 g/mol. The van der Waals surface area contributed by atoms with Crippen LogP contribution in [0.15, 0.2) is 35.5 Å². The van der Waals surface area contributed by atoms with E-state index in [1.165, 1.54) is 25.1 Å². The number of urea groups is 1. The van der Waals surface area contributed by atoms with Gasteiger partial charge in [-0.2, -0.15) is 0 Å². The van der Waals surface area contributed by atoms with E-state index >= 15 is 0 Å². The Kier molecular flexibility index (Phi) is 3.01. The molecule has 0 bridgehead atoms. The molecule has 2 rings (SSSR count). The molecule has 1 aliphatic rings. The monoisotopic (exact) mass is 250 g/mol. The minimum atomic E-state index is -1.16. The summed E-state index contributed by atoms with van der Waals surface area (Å²) in [5.41, 5.74) is 0.641. The van der Waals surface area contributed by atoms with Gasteiger partial charge in [-0.05, 0) is 24.6 Å². The van der Waals surface area contributed by atoms with Crippen LogP contribution in [-0.2, 0) is 4.79 Å². The molecular formula is C12H11FN2O3. The third-order valence-electron chi connectivity index (χ3n) is 2.68. The van der Waals surface area contributed by atoms with E-state index in [0.29, 0.717) is 5.56 Å². The average Bonchev–Trinajstić information content (AvgIpc) is 2.27. The number of aliphatic carboxylic acids is 1. The number of carbonyl (C=O) groups is 2. The van der Waals surface area contributed by atoms with Crippen molar-refractivity contribution in [3.8, 4) is 0 Å². The highest BCUT2D eigenvalue weighted by Crippen LogP contribution is 2.26. The van der Waals surface area contributed by atoms with Gasteiger partial charge in [0.05, 0.1) is 11.6 Å². The van der Waals surface area contributed by atoms with E-state index in [0.717, 1.165) is 0 Å². The molecule has 0 unspecified atom stereocenters.